The number of nitrogens with zero attached hydrogens (tertiary/aromatic N) is 4. The number of H-pyrrole nitrogens is 2. The van der Waals surface area contributed by atoms with Crippen molar-refractivity contribution in [1.82, 2.24) is 24.6 Å². The third kappa shape index (κ3) is 2.55. The standard InChI is InChI=1S/C16H16N6O4/c1-21(11-5-8(11)15(24)26-2)12-6-10(20-22-4-3-17-13(12)22)9-7-18-16(25)19-14(9)23/h3-4,6-8,11H,5H2,1-2H3,(H2,18,19,23,25). The van der Waals surface area contributed by atoms with Crippen LogP contribution in [0.4, 0.5) is 5.69 Å². The Labute approximate surface area is 146 Å². The van der Waals surface area contributed by atoms with Gasteiger partial charge in [0.25, 0.3) is 5.56 Å². The number of aromatic amines is 2. The van der Waals surface area contributed by atoms with E-state index in [4.69, 9.17) is 4.74 Å². The first-order valence-corrected chi connectivity index (χ1v) is 7.97. The normalized spacial score (nSPS) is 18.7. The molecule has 0 radical (unpaired) electrons. The Balaban J connectivity index is 1.80. The molecule has 1 aliphatic rings. The Morgan fingerprint density at radius 2 is 2.23 bits per heavy atom. The van der Waals surface area contributed by atoms with Gasteiger partial charge in [-0.2, -0.15) is 5.10 Å². The fourth-order valence-corrected chi connectivity index (χ4v) is 3.08. The van der Waals surface area contributed by atoms with Gasteiger partial charge in [0, 0.05) is 31.7 Å². The summed E-state index contributed by atoms with van der Waals surface area (Å²) in [4.78, 5) is 46.0. The van der Waals surface area contributed by atoms with E-state index >= 15 is 0 Å². The minimum atomic E-state index is -0.585. The minimum absolute atomic E-state index is 0.00735. The van der Waals surface area contributed by atoms with Crippen LogP contribution in [0.15, 0.2) is 34.2 Å². The molecule has 2 N–H and O–H groups in total. The topological polar surface area (TPSA) is 125 Å². The van der Waals surface area contributed by atoms with Crippen LogP contribution in [0.5, 0.6) is 0 Å². The highest BCUT2D eigenvalue weighted by Crippen LogP contribution is 2.39. The van der Waals surface area contributed by atoms with Crippen LogP contribution in [-0.2, 0) is 9.53 Å². The van der Waals surface area contributed by atoms with Gasteiger partial charge in [-0.3, -0.25) is 14.6 Å². The van der Waals surface area contributed by atoms with Crippen LogP contribution >= 0.6 is 0 Å². The Morgan fingerprint density at radius 1 is 1.42 bits per heavy atom. The second-order valence-corrected chi connectivity index (χ2v) is 6.14. The van der Waals surface area contributed by atoms with Gasteiger partial charge in [0.2, 0.25) is 0 Å². The summed E-state index contributed by atoms with van der Waals surface area (Å²) in [5, 5.41) is 4.38. The monoisotopic (exact) mass is 356 g/mol. The van der Waals surface area contributed by atoms with Crippen LogP contribution in [0.3, 0.4) is 0 Å². The number of hydrogen-bond donors (Lipinski definition) is 2. The first-order valence-electron chi connectivity index (χ1n) is 7.97. The molecule has 0 aliphatic heterocycles. The van der Waals surface area contributed by atoms with Crippen molar-refractivity contribution in [2.45, 2.75) is 12.5 Å². The van der Waals surface area contributed by atoms with E-state index in [1.807, 2.05) is 11.9 Å². The first kappa shape index (κ1) is 16.1. The molecule has 10 heteroatoms. The number of hydrogen-bond acceptors (Lipinski definition) is 7. The van der Waals surface area contributed by atoms with Gasteiger partial charge in [-0.25, -0.2) is 14.3 Å². The molecule has 1 fully saturated rings. The van der Waals surface area contributed by atoms with Crippen LogP contribution in [0, 0.1) is 5.92 Å². The van der Waals surface area contributed by atoms with Crippen LogP contribution in [0.1, 0.15) is 6.42 Å². The lowest BCUT2D eigenvalue weighted by atomic mass is 10.2. The number of methoxy groups -OCH3 is 1. The molecule has 0 aromatic carbocycles. The Hall–Kier alpha value is -3.43. The predicted molar refractivity (Wildman–Crippen MR) is 92.0 cm³/mol. The quantitative estimate of drug-likeness (QED) is 0.619. The molecule has 4 rings (SSSR count). The van der Waals surface area contributed by atoms with Crippen LogP contribution in [0.2, 0.25) is 0 Å². The molecule has 134 valence electrons. The molecule has 3 aromatic rings. The number of ether oxygens (including phenoxy) is 1. The maximum absolute atomic E-state index is 12.1. The van der Waals surface area contributed by atoms with Crippen molar-refractivity contribution in [3.05, 3.63) is 45.5 Å². The van der Waals surface area contributed by atoms with Gasteiger partial charge < -0.3 is 14.6 Å². The Kier molecular flexibility index (Phi) is 3.60. The molecule has 2 atom stereocenters. The largest absolute Gasteiger partial charge is 0.469 e. The second kappa shape index (κ2) is 5.83. The van der Waals surface area contributed by atoms with Crippen molar-refractivity contribution in [2.24, 2.45) is 5.92 Å². The zero-order chi connectivity index (χ0) is 18.4. The van der Waals surface area contributed by atoms with E-state index in [1.165, 1.54) is 13.3 Å². The molecular formula is C16H16N6O4. The second-order valence-electron chi connectivity index (χ2n) is 6.14. The van der Waals surface area contributed by atoms with Crippen molar-refractivity contribution in [2.75, 3.05) is 19.1 Å². The number of anilines is 1. The zero-order valence-corrected chi connectivity index (χ0v) is 14.1. The third-order valence-electron chi connectivity index (χ3n) is 4.57. The molecule has 26 heavy (non-hydrogen) atoms. The summed E-state index contributed by atoms with van der Waals surface area (Å²) in [6.07, 6.45) is 5.28. The number of nitrogens with one attached hydrogen (secondary N) is 2. The number of rotatable bonds is 4. The maximum Gasteiger partial charge on any atom is 0.325 e. The lowest BCUT2D eigenvalue weighted by Gasteiger charge is -2.20. The molecule has 0 spiro atoms. The molecule has 3 aromatic heterocycles. The molecule has 0 bridgehead atoms. The van der Waals surface area contributed by atoms with E-state index in [0.717, 1.165) is 5.69 Å². The number of esters is 1. The van der Waals surface area contributed by atoms with Gasteiger partial charge in [-0.1, -0.05) is 0 Å². The molecule has 2 unspecified atom stereocenters. The Bertz CT molecular complexity index is 1110. The van der Waals surface area contributed by atoms with E-state index in [2.05, 4.69) is 20.1 Å². The van der Waals surface area contributed by atoms with Crippen molar-refractivity contribution in [3.8, 4) is 11.3 Å². The Morgan fingerprint density at radius 3 is 2.96 bits per heavy atom. The summed E-state index contributed by atoms with van der Waals surface area (Å²) in [5.41, 5.74) is 0.821. The lowest BCUT2D eigenvalue weighted by Crippen LogP contribution is -2.26. The van der Waals surface area contributed by atoms with E-state index in [-0.39, 0.29) is 23.5 Å². The van der Waals surface area contributed by atoms with Crippen LogP contribution in [-0.4, -0.2) is 50.7 Å². The average molecular weight is 356 g/mol. The van der Waals surface area contributed by atoms with Gasteiger partial charge in [0.05, 0.1) is 24.3 Å². The van der Waals surface area contributed by atoms with Gasteiger partial charge in [0.1, 0.15) is 5.69 Å². The van der Waals surface area contributed by atoms with Crippen molar-refractivity contribution in [1.29, 1.82) is 0 Å². The highest BCUT2D eigenvalue weighted by molar-refractivity contribution is 5.80. The molecule has 0 amide bonds. The van der Waals surface area contributed by atoms with E-state index < -0.39 is 11.2 Å². The summed E-state index contributed by atoms with van der Waals surface area (Å²) in [6, 6.07) is 1.71. The maximum atomic E-state index is 12.1. The molecular weight excluding hydrogens is 340 g/mol. The van der Waals surface area contributed by atoms with Gasteiger partial charge in [0.15, 0.2) is 5.65 Å². The van der Waals surface area contributed by atoms with Gasteiger partial charge >= 0.3 is 11.7 Å². The fourth-order valence-electron chi connectivity index (χ4n) is 3.08. The summed E-state index contributed by atoms with van der Waals surface area (Å²) < 4.78 is 6.36. The predicted octanol–water partition coefficient (Wildman–Crippen LogP) is -0.229. The number of carbonyl (C=O) groups excluding carboxylic acids is 1. The van der Waals surface area contributed by atoms with Crippen molar-refractivity contribution >= 4 is 17.3 Å². The highest BCUT2D eigenvalue weighted by Gasteiger charge is 2.47. The summed E-state index contributed by atoms with van der Waals surface area (Å²) in [5.74, 6) is -0.430. The SMILES string of the molecule is COC(=O)C1CC1N(C)c1cc(-c2c[nH]c(=O)[nH]c2=O)nn2ccnc12. The highest BCUT2D eigenvalue weighted by atomic mass is 16.5. The minimum Gasteiger partial charge on any atom is -0.469 e. The van der Waals surface area contributed by atoms with E-state index in [1.54, 1.807) is 23.0 Å². The van der Waals surface area contributed by atoms with Crippen LogP contribution < -0.4 is 16.1 Å². The van der Waals surface area contributed by atoms with Crippen LogP contribution in [0.25, 0.3) is 16.9 Å². The smallest absolute Gasteiger partial charge is 0.325 e. The van der Waals surface area contributed by atoms with Gasteiger partial charge in [-0.05, 0) is 12.5 Å². The number of fused-ring (bicyclic) bond motifs is 1. The van der Waals surface area contributed by atoms with E-state index in [9.17, 15) is 14.4 Å². The summed E-state index contributed by atoms with van der Waals surface area (Å²) >= 11 is 0. The molecule has 1 aliphatic carbocycles. The summed E-state index contributed by atoms with van der Waals surface area (Å²) in [6.45, 7) is 0. The molecule has 3 heterocycles. The molecule has 0 saturated heterocycles. The molecule has 1 saturated carbocycles. The van der Waals surface area contributed by atoms with E-state index in [0.29, 0.717) is 17.8 Å². The van der Waals surface area contributed by atoms with Gasteiger partial charge in [-0.15, -0.1) is 0 Å². The zero-order valence-electron chi connectivity index (χ0n) is 14.1. The van der Waals surface area contributed by atoms with Crippen molar-refractivity contribution in [3.63, 3.8) is 0 Å². The average Bonchev–Trinajstić information content (AvgIpc) is 3.29. The third-order valence-corrected chi connectivity index (χ3v) is 4.57. The number of imidazole rings is 1. The fraction of sp³-hybridized carbons (Fsp3) is 0.312. The number of aromatic nitrogens is 5. The van der Waals surface area contributed by atoms with Crippen molar-refractivity contribution < 1.29 is 9.53 Å². The lowest BCUT2D eigenvalue weighted by molar-refractivity contribution is -0.142. The first-order chi connectivity index (χ1) is 12.5. The molecule has 10 nitrogen and oxygen atoms in total. The summed E-state index contributed by atoms with van der Waals surface area (Å²) in [7, 11) is 3.23. The number of carbonyl (C=O) groups is 1.